The van der Waals surface area contributed by atoms with Crippen molar-refractivity contribution in [3.8, 4) is 11.1 Å². The molecule has 132 valence electrons. The van der Waals surface area contributed by atoms with Crippen LogP contribution < -0.4 is 0 Å². The molecule has 3 aromatic rings. The third-order valence-corrected chi connectivity index (χ3v) is 5.55. The quantitative estimate of drug-likeness (QED) is 0.691. The lowest BCUT2D eigenvalue weighted by Crippen LogP contribution is -2.31. The lowest BCUT2D eigenvalue weighted by Gasteiger charge is -2.30. The zero-order valence-electron chi connectivity index (χ0n) is 14.5. The standard InChI is InChI=1S/C21H20FN3O/c22-16-7-3-2-6-15(16)14-8-9-17-18(12-14)24-20(23-17)19-13-21(26-25-19)10-4-1-5-11-21/h2-3,6-9,12H,1,4-5,10-11,13H2,(H,23,24). The predicted molar refractivity (Wildman–Crippen MR) is 99.5 cm³/mol. The van der Waals surface area contributed by atoms with Crippen molar-refractivity contribution >= 4 is 16.7 Å². The Balaban J connectivity index is 1.46. The molecule has 0 unspecified atom stereocenters. The molecule has 0 bridgehead atoms. The summed E-state index contributed by atoms with van der Waals surface area (Å²) in [6.45, 7) is 0. The second-order valence-electron chi connectivity index (χ2n) is 7.35. The summed E-state index contributed by atoms with van der Waals surface area (Å²) in [6.07, 6.45) is 6.63. The number of aromatic nitrogens is 2. The maximum absolute atomic E-state index is 14.1. The molecule has 1 N–H and O–H groups in total. The first-order chi connectivity index (χ1) is 12.7. The first-order valence-corrected chi connectivity index (χ1v) is 9.23. The Morgan fingerprint density at radius 1 is 1.04 bits per heavy atom. The molecule has 1 saturated carbocycles. The number of nitrogens with zero attached hydrogens (tertiary/aromatic N) is 2. The maximum atomic E-state index is 14.1. The molecular formula is C21H20FN3O. The highest BCUT2D eigenvalue weighted by Crippen LogP contribution is 2.39. The van der Waals surface area contributed by atoms with Gasteiger partial charge in [0.25, 0.3) is 0 Å². The van der Waals surface area contributed by atoms with Crippen molar-refractivity contribution in [2.45, 2.75) is 44.1 Å². The lowest BCUT2D eigenvalue weighted by molar-refractivity contribution is -0.0449. The van der Waals surface area contributed by atoms with E-state index < -0.39 is 0 Å². The third kappa shape index (κ3) is 2.59. The van der Waals surface area contributed by atoms with Gasteiger partial charge in [-0.15, -0.1) is 0 Å². The van der Waals surface area contributed by atoms with Gasteiger partial charge < -0.3 is 9.82 Å². The van der Waals surface area contributed by atoms with Crippen molar-refractivity contribution in [2.75, 3.05) is 0 Å². The Hall–Kier alpha value is -2.69. The fourth-order valence-electron chi connectivity index (χ4n) is 4.12. The Morgan fingerprint density at radius 3 is 2.73 bits per heavy atom. The minimum absolute atomic E-state index is 0.120. The van der Waals surface area contributed by atoms with E-state index in [9.17, 15) is 4.39 Å². The van der Waals surface area contributed by atoms with Gasteiger partial charge in [0.2, 0.25) is 0 Å². The maximum Gasteiger partial charge on any atom is 0.156 e. The van der Waals surface area contributed by atoms with Crippen molar-refractivity contribution in [1.82, 2.24) is 9.97 Å². The number of imidazole rings is 1. The zero-order chi connectivity index (χ0) is 17.6. The molecule has 1 aliphatic heterocycles. The van der Waals surface area contributed by atoms with Gasteiger partial charge in [-0.3, -0.25) is 0 Å². The number of oxime groups is 1. The number of nitrogens with one attached hydrogen (secondary N) is 1. The summed E-state index contributed by atoms with van der Waals surface area (Å²) < 4.78 is 14.1. The largest absolute Gasteiger partial charge is 0.388 e. The molecule has 2 aromatic carbocycles. The Kier molecular flexibility index (Phi) is 3.55. The van der Waals surface area contributed by atoms with Crippen LogP contribution in [0.3, 0.4) is 0 Å². The number of aromatic amines is 1. The Morgan fingerprint density at radius 2 is 1.88 bits per heavy atom. The van der Waals surface area contributed by atoms with Crippen LogP contribution in [0.1, 0.15) is 44.3 Å². The van der Waals surface area contributed by atoms with Gasteiger partial charge >= 0.3 is 0 Å². The van der Waals surface area contributed by atoms with E-state index in [2.05, 4.69) is 10.1 Å². The molecule has 0 radical (unpaired) electrons. The smallest absolute Gasteiger partial charge is 0.156 e. The van der Waals surface area contributed by atoms with E-state index in [4.69, 9.17) is 9.82 Å². The first kappa shape index (κ1) is 15.6. The number of H-pyrrole nitrogens is 1. The van der Waals surface area contributed by atoms with E-state index in [1.54, 1.807) is 12.1 Å². The van der Waals surface area contributed by atoms with Crippen molar-refractivity contribution in [3.05, 3.63) is 54.1 Å². The van der Waals surface area contributed by atoms with Crippen LogP contribution in [0.5, 0.6) is 0 Å². The summed E-state index contributed by atoms with van der Waals surface area (Å²) >= 11 is 0. The van der Waals surface area contributed by atoms with Gasteiger partial charge in [-0.2, -0.15) is 0 Å². The average molecular weight is 349 g/mol. The zero-order valence-corrected chi connectivity index (χ0v) is 14.5. The second kappa shape index (κ2) is 5.94. The minimum atomic E-state index is -0.226. The summed E-state index contributed by atoms with van der Waals surface area (Å²) in [4.78, 5) is 13.9. The topological polar surface area (TPSA) is 50.3 Å². The highest BCUT2D eigenvalue weighted by Gasteiger charge is 2.41. The van der Waals surface area contributed by atoms with Crippen LogP contribution in [0.4, 0.5) is 4.39 Å². The fraction of sp³-hybridized carbons (Fsp3) is 0.333. The highest BCUT2D eigenvalue weighted by atomic mass is 19.1. The van der Waals surface area contributed by atoms with Crippen LogP contribution in [0.2, 0.25) is 0 Å². The molecule has 2 aliphatic rings. The van der Waals surface area contributed by atoms with E-state index >= 15 is 0 Å². The SMILES string of the molecule is Fc1ccccc1-c1ccc2[nH]c(C3=NOC4(CCCCC4)C3)nc2c1. The van der Waals surface area contributed by atoms with Crippen molar-refractivity contribution < 1.29 is 9.23 Å². The number of fused-ring (bicyclic) bond motifs is 1. The molecule has 1 spiro atoms. The van der Waals surface area contributed by atoms with Gasteiger partial charge in [0, 0.05) is 12.0 Å². The molecule has 0 saturated heterocycles. The van der Waals surface area contributed by atoms with Gasteiger partial charge in [-0.25, -0.2) is 9.37 Å². The monoisotopic (exact) mass is 349 g/mol. The third-order valence-electron chi connectivity index (χ3n) is 5.55. The normalized spacial score (nSPS) is 18.9. The molecule has 1 aromatic heterocycles. The van der Waals surface area contributed by atoms with Gasteiger partial charge in [-0.1, -0.05) is 35.8 Å². The van der Waals surface area contributed by atoms with E-state index in [1.165, 1.54) is 25.3 Å². The minimum Gasteiger partial charge on any atom is -0.388 e. The van der Waals surface area contributed by atoms with Crippen LogP contribution in [0.25, 0.3) is 22.2 Å². The van der Waals surface area contributed by atoms with E-state index in [0.29, 0.717) is 5.56 Å². The molecule has 1 aliphatic carbocycles. The second-order valence-corrected chi connectivity index (χ2v) is 7.35. The molecule has 0 atom stereocenters. The molecule has 2 heterocycles. The summed E-state index contributed by atoms with van der Waals surface area (Å²) in [5.74, 6) is 0.531. The average Bonchev–Trinajstić information content (AvgIpc) is 3.26. The van der Waals surface area contributed by atoms with Crippen molar-refractivity contribution in [1.29, 1.82) is 0 Å². The number of hydrogen-bond donors (Lipinski definition) is 1. The fourth-order valence-corrected chi connectivity index (χ4v) is 4.12. The molecular weight excluding hydrogens is 329 g/mol. The summed E-state index contributed by atoms with van der Waals surface area (Å²) in [5, 5.41) is 4.34. The summed E-state index contributed by atoms with van der Waals surface area (Å²) in [6, 6.07) is 12.6. The number of benzene rings is 2. The Bertz CT molecular complexity index is 1000. The first-order valence-electron chi connectivity index (χ1n) is 9.23. The number of rotatable bonds is 2. The van der Waals surface area contributed by atoms with E-state index in [1.807, 2.05) is 24.3 Å². The van der Waals surface area contributed by atoms with Crippen LogP contribution in [-0.2, 0) is 4.84 Å². The van der Waals surface area contributed by atoms with Crippen LogP contribution in [0.15, 0.2) is 47.6 Å². The predicted octanol–water partition coefficient (Wildman–Crippen LogP) is 5.20. The lowest BCUT2D eigenvalue weighted by atomic mass is 9.81. The van der Waals surface area contributed by atoms with Crippen LogP contribution >= 0.6 is 0 Å². The molecule has 5 rings (SSSR count). The molecule has 5 heteroatoms. The molecule has 1 fully saturated rings. The number of hydrogen-bond acceptors (Lipinski definition) is 3. The highest BCUT2D eigenvalue weighted by molar-refractivity contribution is 6.01. The molecule has 4 nitrogen and oxygen atoms in total. The van der Waals surface area contributed by atoms with Gasteiger partial charge in [0.1, 0.15) is 17.1 Å². The Labute approximate surface area is 151 Å². The van der Waals surface area contributed by atoms with Gasteiger partial charge in [-0.05, 0) is 49.4 Å². The van der Waals surface area contributed by atoms with Gasteiger partial charge in [0.05, 0.1) is 11.0 Å². The van der Waals surface area contributed by atoms with Crippen LogP contribution in [-0.4, -0.2) is 21.3 Å². The van der Waals surface area contributed by atoms with Crippen LogP contribution in [0, 0.1) is 5.82 Å². The summed E-state index contributed by atoms with van der Waals surface area (Å²) in [7, 11) is 0. The van der Waals surface area contributed by atoms with Gasteiger partial charge in [0.15, 0.2) is 5.82 Å². The van der Waals surface area contributed by atoms with Crippen molar-refractivity contribution in [2.24, 2.45) is 5.16 Å². The number of halogens is 1. The summed E-state index contributed by atoms with van der Waals surface area (Å²) in [5.41, 5.74) is 3.91. The molecule has 0 amide bonds. The van der Waals surface area contributed by atoms with Crippen molar-refractivity contribution in [3.63, 3.8) is 0 Å². The van der Waals surface area contributed by atoms with E-state index in [-0.39, 0.29) is 11.4 Å². The molecule has 26 heavy (non-hydrogen) atoms. The van der Waals surface area contributed by atoms with E-state index in [0.717, 1.165) is 47.4 Å².